The summed E-state index contributed by atoms with van der Waals surface area (Å²) in [7, 11) is 0. The van der Waals surface area contributed by atoms with Gasteiger partial charge in [0.25, 0.3) is 0 Å². The van der Waals surface area contributed by atoms with Crippen LogP contribution in [0.5, 0.6) is 0 Å². The van der Waals surface area contributed by atoms with Crippen molar-refractivity contribution >= 4 is 36.3 Å². The van der Waals surface area contributed by atoms with E-state index in [4.69, 9.17) is 10.8 Å². The van der Waals surface area contributed by atoms with E-state index in [1.807, 2.05) is 0 Å². The van der Waals surface area contributed by atoms with Crippen molar-refractivity contribution in [2.75, 3.05) is 12.3 Å². The lowest BCUT2D eigenvalue weighted by atomic mass is 10.1. The van der Waals surface area contributed by atoms with Crippen molar-refractivity contribution in [2.45, 2.75) is 57.0 Å². The van der Waals surface area contributed by atoms with Crippen LogP contribution in [-0.4, -0.2) is 81.4 Å². The Balaban J connectivity index is 2.87. The maximum atomic E-state index is 12.8. The number of carboxylic acid groups (broad SMARTS) is 1. The van der Waals surface area contributed by atoms with Gasteiger partial charge in [-0.15, -0.1) is 0 Å². The first-order valence-electron chi connectivity index (χ1n) is 8.28. The summed E-state index contributed by atoms with van der Waals surface area (Å²) in [4.78, 5) is 49.1. The zero-order chi connectivity index (χ0) is 20.0. The van der Waals surface area contributed by atoms with Crippen LogP contribution in [0.25, 0.3) is 0 Å². The van der Waals surface area contributed by atoms with Crippen molar-refractivity contribution < 1.29 is 29.4 Å². The number of carboxylic acids is 1. The quantitative estimate of drug-likeness (QED) is 0.254. The van der Waals surface area contributed by atoms with Crippen LogP contribution in [0.1, 0.15) is 26.7 Å². The van der Waals surface area contributed by atoms with E-state index in [9.17, 15) is 24.3 Å². The van der Waals surface area contributed by atoms with Crippen LogP contribution >= 0.6 is 12.6 Å². The number of amides is 3. The molecule has 0 aromatic heterocycles. The Morgan fingerprint density at radius 1 is 1.27 bits per heavy atom. The summed E-state index contributed by atoms with van der Waals surface area (Å²) in [5.41, 5.74) is 5.56. The van der Waals surface area contributed by atoms with Crippen LogP contribution in [0.2, 0.25) is 0 Å². The Kier molecular flexibility index (Phi) is 8.31. The summed E-state index contributed by atoms with van der Waals surface area (Å²) < 4.78 is 0. The largest absolute Gasteiger partial charge is 0.480 e. The molecule has 0 bridgehead atoms. The number of carbonyl (C=O) groups excluding carboxylic acids is 3. The minimum absolute atomic E-state index is 0.0639. The van der Waals surface area contributed by atoms with Crippen LogP contribution < -0.4 is 16.4 Å². The van der Waals surface area contributed by atoms with E-state index in [0.29, 0.717) is 12.8 Å². The molecule has 10 nitrogen and oxygen atoms in total. The molecule has 1 saturated heterocycles. The van der Waals surface area contributed by atoms with E-state index in [0.717, 1.165) is 0 Å². The van der Waals surface area contributed by atoms with Gasteiger partial charge in [0, 0.05) is 12.3 Å². The minimum Gasteiger partial charge on any atom is -0.480 e. The fourth-order valence-electron chi connectivity index (χ4n) is 2.58. The number of nitrogens with two attached hydrogens (primary N) is 1. The summed E-state index contributed by atoms with van der Waals surface area (Å²) >= 11 is 3.91. The average molecular weight is 390 g/mol. The summed E-state index contributed by atoms with van der Waals surface area (Å²) in [5.74, 6) is -2.98. The molecule has 1 heterocycles. The second-order valence-corrected chi connectivity index (χ2v) is 6.64. The molecule has 0 radical (unpaired) electrons. The van der Waals surface area contributed by atoms with Gasteiger partial charge < -0.3 is 31.5 Å². The van der Waals surface area contributed by atoms with Gasteiger partial charge in [-0.25, -0.2) is 0 Å². The number of hydrogen-bond acceptors (Lipinski definition) is 7. The highest BCUT2D eigenvalue weighted by molar-refractivity contribution is 7.80. The zero-order valence-electron chi connectivity index (χ0n) is 14.7. The first kappa shape index (κ1) is 22.2. The molecule has 1 aliphatic heterocycles. The Labute approximate surface area is 156 Å². The van der Waals surface area contributed by atoms with Gasteiger partial charge in [0.1, 0.15) is 18.1 Å². The van der Waals surface area contributed by atoms with E-state index in [-0.39, 0.29) is 12.3 Å². The fourth-order valence-corrected chi connectivity index (χ4v) is 2.75. The third-order valence-corrected chi connectivity index (χ3v) is 4.54. The van der Waals surface area contributed by atoms with Gasteiger partial charge in [-0.05, 0) is 26.7 Å². The molecule has 148 valence electrons. The molecule has 1 fully saturated rings. The Morgan fingerprint density at radius 2 is 1.88 bits per heavy atom. The van der Waals surface area contributed by atoms with Crippen molar-refractivity contribution in [1.29, 1.82) is 0 Å². The molecular weight excluding hydrogens is 364 g/mol. The van der Waals surface area contributed by atoms with E-state index in [2.05, 4.69) is 23.3 Å². The Morgan fingerprint density at radius 3 is 2.38 bits per heavy atom. The van der Waals surface area contributed by atoms with Crippen molar-refractivity contribution in [2.24, 2.45) is 5.73 Å². The monoisotopic (exact) mass is 390 g/mol. The molecule has 0 aromatic carbocycles. The van der Waals surface area contributed by atoms with Crippen LogP contribution in [0, 0.1) is 0 Å². The van der Waals surface area contributed by atoms with Crippen molar-refractivity contribution in [3.05, 3.63) is 0 Å². The maximum Gasteiger partial charge on any atom is 0.325 e. The number of thiol groups is 1. The van der Waals surface area contributed by atoms with Crippen LogP contribution in [0.4, 0.5) is 0 Å². The number of rotatable bonds is 8. The summed E-state index contributed by atoms with van der Waals surface area (Å²) in [6, 6.07) is -4.16. The number of nitrogens with one attached hydrogen (secondary N) is 2. The topological polar surface area (TPSA) is 162 Å². The molecule has 0 aliphatic carbocycles. The molecule has 6 N–H and O–H groups in total. The maximum absolute atomic E-state index is 12.8. The summed E-state index contributed by atoms with van der Waals surface area (Å²) in [5, 5.41) is 23.5. The highest BCUT2D eigenvalue weighted by Crippen LogP contribution is 2.19. The van der Waals surface area contributed by atoms with E-state index in [1.165, 1.54) is 18.7 Å². The normalized spacial score (nSPS) is 21.4. The molecule has 5 atom stereocenters. The standard InChI is InChI=1S/C15H26N4O6S/c1-7(15(24)25)17-13(22)10-4-3-5-19(10)14(23)11(8(2)20)18-12(21)9(16)6-26/h7-11,20,26H,3-6,16H2,1-2H3,(H,17,22)(H,18,21)(H,24,25). The molecule has 0 aromatic rings. The summed E-state index contributed by atoms with van der Waals surface area (Å²) in [6.07, 6.45) is -0.302. The summed E-state index contributed by atoms with van der Waals surface area (Å²) in [6.45, 7) is 2.92. The fraction of sp³-hybridized carbons (Fsp3) is 0.733. The lowest BCUT2D eigenvalue weighted by molar-refractivity contribution is -0.145. The smallest absolute Gasteiger partial charge is 0.325 e. The van der Waals surface area contributed by atoms with Gasteiger partial charge in [-0.3, -0.25) is 19.2 Å². The molecule has 26 heavy (non-hydrogen) atoms. The second-order valence-electron chi connectivity index (χ2n) is 6.27. The average Bonchev–Trinajstić information content (AvgIpc) is 3.07. The van der Waals surface area contributed by atoms with E-state index < -0.39 is 54.0 Å². The lowest BCUT2D eigenvalue weighted by Gasteiger charge is -2.30. The predicted molar refractivity (Wildman–Crippen MR) is 95.4 cm³/mol. The number of hydrogen-bond donors (Lipinski definition) is 6. The van der Waals surface area contributed by atoms with Gasteiger partial charge >= 0.3 is 5.97 Å². The van der Waals surface area contributed by atoms with Crippen LogP contribution in [0.15, 0.2) is 0 Å². The van der Waals surface area contributed by atoms with Gasteiger partial charge in [0.2, 0.25) is 17.7 Å². The highest BCUT2D eigenvalue weighted by atomic mass is 32.1. The number of nitrogens with zero attached hydrogens (tertiary/aromatic N) is 1. The minimum atomic E-state index is -1.27. The third-order valence-electron chi connectivity index (χ3n) is 4.15. The van der Waals surface area contributed by atoms with Gasteiger partial charge in [-0.2, -0.15) is 12.6 Å². The second kappa shape index (κ2) is 9.74. The molecule has 0 saturated carbocycles. The molecule has 0 spiro atoms. The third kappa shape index (κ3) is 5.58. The first-order valence-corrected chi connectivity index (χ1v) is 8.91. The van der Waals surface area contributed by atoms with Crippen LogP contribution in [0.3, 0.4) is 0 Å². The number of carbonyl (C=O) groups is 4. The number of aliphatic hydroxyl groups is 1. The molecule has 3 amide bonds. The number of aliphatic carboxylic acids is 1. The van der Waals surface area contributed by atoms with Crippen molar-refractivity contribution in [1.82, 2.24) is 15.5 Å². The van der Waals surface area contributed by atoms with Gasteiger partial charge in [-0.1, -0.05) is 0 Å². The zero-order valence-corrected chi connectivity index (χ0v) is 15.6. The Bertz CT molecular complexity index is 558. The Hall–Kier alpha value is -1.85. The van der Waals surface area contributed by atoms with Crippen molar-refractivity contribution in [3.63, 3.8) is 0 Å². The van der Waals surface area contributed by atoms with Gasteiger partial charge in [0.05, 0.1) is 12.1 Å². The van der Waals surface area contributed by atoms with Crippen LogP contribution in [-0.2, 0) is 19.2 Å². The highest BCUT2D eigenvalue weighted by Gasteiger charge is 2.40. The molecule has 11 heteroatoms. The molecule has 1 aliphatic rings. The lowest BCUT2D eigenvalue weighted by Crippen LogP contribution is -2.59. The molecule has 5 unspecified atom stereocenters. The predicted octanol–water partition coefficient (Wildman–Crippen LogP) is -2.31. The van der Waals surface area contributed by atoms with E-state index >= 15 is 0 Å². The number of aliphatic hydroxyl groups excluding tert-OH is 1. The van der Waals surface area contributed by atoms with Crippen molar-refractivity contribution in [3.8, 4) is 0 Å². The number of likely N-dealkylation sites (tertiary alicyclic amines) is 1. The molecule has 1 rings (SSSR count). The SMILES string of the molecule is CC(NC(=O)C1CCCN1C(=O)C(NC(=O)C(N)CS)C(C)O)C(=O)O. The first-order chi connectivity index (χ1) is 12.1. The van der Waals surface area contributed by atoms with Gasteiger partial charge in [0.15, 0.2) is 0 Å². The molecular formula is C15H26N4O6S. The van der Waals surface area contributed by atoms with E-state index in [1.54, 1.807) is 0 Å².